The van der Waals surface area contributed by atoms with Crippen LogP contribution < -0.4 is 5.32 Å². The fourth-order valence-corrected chi connectivity index (χ4v) is 1.46. The summed E-state index contributed by atoms with van der Waals surface area (Å²) in [4.78, 5) is 0. The molecule has 0 spiro atoms. The van der Waals surface area contributed by atoms with Crippen molar-refractivity contribution in [1.29, 1.82) is 0 Å². The summed E-state index contributed by atoms with van der Waals surface area (Å²) in [6.45, 7) is 14.2. The average Bonchev–Trinajstić information content (AvgIpc) is 2.19. The lowest BCUT2D eigenvalue weighted by Gasteiger charge is -2.32. The lowest BCUT2D eigenvalue weighted by molar-refractivity contribution is 0.322. The normalized spacial score (nSPS) is 16.0. The molecule has 0 aromatic rings. The smallest absolute Gasteiger partial charge is 0.0188 e. The largest absolute Gasteiger partial charge is 0.307 e. The molecule has 0 heterocycles. The highest BCUT2D eigenvalue weighted by molar-refractivity contribution is 5.05. The van der Waals surface area contributed by atoms with Gasteiger partial charge >= 0.3 is 0 Å². The van der Waals surface area contributed by atoms with Crippen LogP contribution in [0.2, 0.25) is 0 Å². The molecule has 1 unspecified atom stereocenters. The average molecular weight is 209 g/mol. The standard InChI is InChI=1S/C14H27N/c1-7-10-12(4)14(5,6)15-11-13(8-2)9-3/h7-8,10,12,15H,9,11H2,1-6H3/b10-7-,13-8+. The summed E-state index contributed by atoms with van der Waals surface area (Å²) in [6, 6.07) is 0. The van der Waals surface area contributed by atoms with Crippen molar-refractivity contribution < 1.29 is 0 Å². The second-order valence-corrected chi connectivity index (χ2v) is 4.69. The topological polar surface area (TPSA) is 12.0 Å². The summed E-state index contributed by atoms with van der Waals surface area (Å²) >= 11 is 0. The van der Waals surface area contributed by atoms with Gasteiger partial charge in [0.25, 0.3) is 0 Å². The summed E-state index contributed by atoms with van der Waals surface area (Å²) in [5, 5.41) is 3.63. The minimum Gasteiger partial charge on any atom is -0.307 e. The molecule has 88 valence electrons. The van der Waals surface area contributed by atoms with E-state index in [9.17, 15) is 0 Å². The Bertz CT molecular complexity index is 223. The zero-order valence-electron chi connectivity index (χ0n) is 11.2. The molecule has 0 aromatic carbocycles. The van der Waals surface area contributed by atoms with E-state index in [1.807, 2.05) is 0 Å². The van der Waals surface area contributed by atoms with Gasteiger partial charge in [-0.1, -0.05) is 37.6 Å². The fourth-order valence-electron chi connectivity index (χ4n) is 1.46. The van der Waals surface area contributed by atoms with Gasteiger partial charge in [0.1, 0.15) is 0 Å². The minimum atomic E-state index is 0.163. The highest BCUT2D eigenvalue weighted by atomic mass is 15.0. The first-order valence-electron chi connectivity index (χ1n) is 5.99. The number of rotatable bonds is 6. The van der Waals surface area contributed by atoms with E-state index in [2.05, 4.69) is 65.1 Å². The lowest BCUT2D eigenvalue weighted by Crippen LogP contribution is -2.45. The fraction of sp³-hybridized carbons (Fsp3) is 0.714. The maximum Gasteiger partial charge on any atom is 0.0188 e. The van der Waals surface area contributed by atoms with Gasteiger partial charge in [-0.15, -0.1) is 0 Å². The van der Waals surface area contributed by atoms with Crippen molar-refractivity contribution in [3.63, 3.8) is 0 Å². The second-order valence-electron chi connectivity index (χ2n) is 4.69. The van der Waals surface area contributed by atoms with Gasteiger partial charge in [-0.05, 0) is 40.0 Å². The predicted octanol–water partition coefficient (Wildman–Crippen LogP) is 3.92. The highest BCUT2D eigenvalue weighted by Crippen LogP contribution is 2.18. The zero-order chi connectivity index (χ0) is 11.9. The Morgan fingerprint density at radius 2 is 1.93 bits per heavy atom. The van der Waals surface area contributed by atoms with E-state index >= 15 is 0 Å². The molecule has 0 bridgehead atoms. The van der Waals surface area contributed by atoms with E-state index in [-0.39, 0.29) is 5.54 Å². The van der Waals surface area contributed by atoms with Crippen LogP contribution in [0.5, 0.6) is 0 Å². The van der Waals surface area contributed by atoms with Crippen LogP contribution in [0.25, 0.3) is 0 Å². The molecule has 15 heavy (non-hydrogen) atoms. The Hall–Kier alpha value is -0.560. The molecule has 1 nitrogen and oxygen atoms in total. The molecule has 0 fully saturated rings. The molecular formula is C14H27N. The lowest BCUT2D eigenvalue weighted by atomic mass is 9.88. The number of hydrogen-bond donors (Lipinski definition) is 1. The van der Waals surface area contributed by atoms with Crippen LogP contribution in [-0.2, 0) is 0 Å². The molecule has 0 rings (SSSR count). The third kappa shape index (κ3) is 5.17. The summed E-state index contributed by atoms with van der Waals surface area (Å²) in [6.07, 6.45) is 7.74. The van der Waals surface area contributed by atoms with Crippen molar-refractivity contribution >= 4 is 0 Å². The van der Waals surface area contributed by atoms with E-state index in [0.717, 1.165) is 13.0 Å². The van der Waals surface area contributed by atoms with Gasteiger partial charge in [-0.3, -0.25) is 0 Å². The van der Waals surface area contributed by atoms with Gasteiger partial charge in [0.2, 0.25) is 0 Å². The molecule has 0 saturated carbocycles. The monoisotopic (exact) mass is 209 g/mol. The summed E-state index contributed by atoms with van der Waals surface area (Å²) in [5.41, 5.74) is 1.64. The van der Waals surface area contributed by atoms with E-state index in [1.165, 1.54) is 5.57 Å². The number of nitrogens with one attached hydrogen (secondary N) is 1. The molecule has 1 N–H and O–H groups in total. The van der Waals surface area contributed by atoms with Gasteiger partial charge < -0.3 is 5.32 Å². The van der Waals surface area contributed by atoms with Crippen LogP contribution in [0.3, 0.4) is 0 Å². The number of allylic oxidation sites excluding steroid dienone is 2. The summed E-state index contributed by atoms with van der Waals surface area (Å²) in [5.74, 6) is 0.553. The van der Waals surface area contributed by atoms with Gasteiger partial charge in [0.05, 0.1) is 0 Å². The van der Waals surface area contributed by atoms with Gasteiger partial charge in [-0.2, -0.15) is 0 Å². The van der Waals surface area contributed by atoms with Gasteiger partial charge in [0.15, 0.2) is 0 Å². The van der Waals surface area contributed by atoms with E-state index < -0.39 is 0 Å². The van der Waals surface area contributed by atoms with Crippen molar-refractivity contribution in [2.75, 3.05) is 6.54 Å². The first-order chi connectivity index (χ1) is 6.97. The SMILES string of the molecule is C/C=C\C(C)C(C)(C)NC/C(=C/C)CC. The predicted molar refractivity (Wildman–Crippen MR) is 70.1 cm³/mol. The zero-order valence-corrected chi connectivity index (χ0v) is 11.2. The van der Waals surface area contributed by atoms with Crippen molar-refractivity contribution in [3.05, 3.63) is 23.8 Å². The first-order valence-corrected chi connectivity index (χ1v) is 5.99. The maximum atomic E-state index is 3.63. The Morgan fingerprint density at radius 3 is 2.33 bits per heavy atom. The van der Waals surface area contributed by atoms with E-state index in [4.69, 9.17) is 0 Å². The van der Waals surface area contributed by atoms with Gasteiger partial charge in [0, 0.05) is 12.1 Å². The molecule has 0 aliphatic carbocycles. The van der Waals surface area contributed by atoms with Crippen molar-refractivity contribution in [3.8, 4) is 0 Å². The Labute approximate surface area is 95.7 Å². The summed E-state index contributed by atoms with van der Waals surface area (Å²) < 4.78 is 0. The molecule has 1 heteroatoms. The number of hydrogen-bond acceptors (Lipinski definition) is 1. The van der Waals surface area contributed by atoms with Crippen LogP contribution in [0.1, 0.15) is 48.0 Å². The molecule has 0 aromatic heterocycles. The molecule has 1 atom stereocenters. The maximum absolute atomic E-state index is 3.63. The van der Waals surface area contributed by atoms with Crippen molar-refractivity contribution in [2.24, 2.45) is 5.92 Å². The molecular weight excluding hydrogens is 182 g/mol. The third-order valence-corrected chi connectivity index (χ3v) is 3.25. The summed E-state index contributed by atoms with van der Waals surface area (Å²) in [7, 11) is 0. The Balaban J connectivity index is 4.25. The Morgan fingerprint density at radius 1 is 1.33 bits per heavy atom. The van der Waals surface area contributed by atoms with Crippen LogP contribution in [0.15, 0.2) is 23.8 Å². The minimum absolute atomic E-state index is 0.163. The quantitative estimate of drug-likeness (QED) is 0.654. The Kier molecular flexibility index (Phi) is 6.58. The van der Waals surface area contributed by atoms with E-state index in [1.54, 1.807) is 0 Å². The first kappa shape index (κ1) is 14.4. The molecule has 0 amide bonds. The molecule has 0 radical (unpaired) electrons. The van der Waals surface area contributed by atoms with Crippen molar-refractivity contribution in [2.45, 2.75) is 53.5 Å². The van der Waals surface area contributed by atoms with E-state index in [0.29, 0.717) is 5.92 Å². The van der Waals surface area contributed by atoms with Crippen LogP contribution >= 0.6 is 0 Å². The van der Waals surface area contributed by atoms with Crippen LogP contribution in [-0.4, -0.2) is 12.1 Å². The highest BCUT2D eigenvalue weighted by Gasteiger charge is 2.22. The molecule has 0 saturated heterocycles. The molecule has 0 aliphatic rings. The van der Waals surface area contributed by atoms with Crippen molar-refractivity contribution in [1.82, 2.24) is 5.32 Å². The second kappa shape index (κ2) is 6.84. The third-order valence-electron chi connectivity index (χ3n) is 3.25. The van der Waals surface area contributed by atoms with Crippen LogP contribution in [0, 0.1) is 5.92 Å². The van der Waals surface area contributed by atoms with Crippen LogP contribution in [0.4, 0.5) is 0 Å². The van der Waals surface area contributed by atoms with Gasteiger partial charge in [-0.25, -0.2) is 0 Å². The molecule has 0 aliphatic heterocycles.